The summed E-state index contributed by atoms with van der Waals surface area (Å²) in [6.45, 7) is 0. The molecule has 0 atom stereocenters. The second-order valence-corrected chi connectivity index (χ2v) is 17.6. The molecule has 4 heterocycles. The van der Waals surface area contributed by atoms with Crippen LogP contribution in [0.3, 0.4) is 0 Å². The average Bonchev–Trinajstić information content (AvgIpc) is 4.07. The molecule has 0 aliphatic carbocycles. The summed E-state index contributed by atoms with van der Waals surface area (Å²) in [6.07, 6.45) is 0. The molecule has 14 aromatic rings. The van der Waals surface area contributed by atoms with Gasteiger partial charge in [-0.25, -0.2) is 4.98 Å². The van der Waals surface area contributed by atoms with Gasteiger partial charge in [-0.2, -0.15) is 9.97 Å². The Balaban J connectivity index is 1.14. The molecule has 6 nitrogen and oxygen atoms in total. The topological polar surface area (TPSA) is 53.5 Å². The summed E-state index contributed by atoms with van der Waals surface area (Å²) >= 11 is 0. The van der Waals surface area contributed by atoms with Gasteiger partial charge in [0.25, 0.3) is 0 Å². The fraction of sp³-hybridized carbons (Fsp3) is 0. The van der Waals surface area contributed by atoms with E-state index in [1.54, 1.807) is 0 Å². The van der Waals surface area contributed by atoms with E-state index >= 15 is 0 Å². The Morgan fingerprint density at radius 1 is 0.261 bits per heavy atom. The van der Waals surface area contributed by atoms with Crippen LogP contribution in [0.4, 0.5) is 0 Å². The van der Waals surface area contributed by atoms with Gasteiger partial charge >= 0.3 is 0 Å². The molecule has 0 saturated carbocycles. The summed E-state index contributed by atoms with van der Waals surface area (Å²) in [5, 5.41) is 6.87. The van der Waals surface area contributed by atoms with E-state index in [9.17, 15) is 0 Å². The van der Waals surface area contributed by atoms with Gasteiger partial charge in [-0.05, 0) is 64.7 Å². The zero-order chi connectivity index (χ0) is 45.4. The fourth-order valence-electron chi connectivity index (χ4n) is 10.6. The summed E-state index contributed by atoms with van der Waals surface area (Å²) in [5.74, 6) is 1.74. The fourth-order valence-corrected chi connectivity index (χ4v) is 10.6. The molecule has 0 amide bonds. The van der Waals surface area contributed by atoms with E-state index in [1.807, 2.05) is 24.3 Å². The maximum atomic E-state index is 5.49. The lowest BCUT2D eigenvalue weighted by Gasteiger charge is -2.15. The highest BCUT2D eigenvalue weighted by molar-refractivity contribution is 6.29. The first-order valence-corrected chi connectivity index (χ1v) is 23.4. The van der Waals surface area contributed by atoms with Gasteiger partial charge in [0.15, 0.2) is 11.6 Å². The molecule has 0 radical (unpaired) electrons. The molecule has 322 valence electrons. The molecule has 0 bridgehead atoms. The van der Waals surface area contributed by atoms with Crippen LogP contribution in [0.1, 0.15) is 0 Å². The number of hydrogen-bond donors (Lipinski definition) is 0. The molecule has 0 fully saturated rings. The predicted octanol–water partition coefficient (Wildman–Crippen LogP) is 15.8. The zero-order valence-corrected chi connectivity index (χ0v) is 37.3. The minimum absolute atomic E-state index is 0.542. The molecule has 0 aliphatic rings. The van der Waals surface area contributed by atoms with Crippen molar-refractivity contribution in [3.63, 3.8) is 0 Å². The lowest BCUT2D eigenvalue weighted by Crippen LogP contribution is -2.07. The van der Waals surface area contributed by atoms with Crippen LogP contribution in [0, 0.1) is 0 Å². The molecule has 0 saturated heterocycles. The number of hydrogen-bond acceptors (Lipinski definition) is 3. The molecule has 14 rings (SSSR count). The standard InChI is InChI=1S/C63H40N6/c1-4-19-41(20-5-1)43-35-37-45(38-36-43)62-64-61(44-23-8-3-9-24-44)65-63(66-62)69-55-34-17-13-30-51(55)59-57(68-52-31-14-10-27-48(52)49-28-11-15-32-53(49)68)40-56-58(60(59)69)50-29-12-16-33-54(50)67(56)47-26-18-25-46(39-47)42-21-6-2-7-22-42/h1-40H. The number of benzene rings is 10. The molecule has 4 aromatic heterocycles. The van der Waals surface area contributed by atoms with Crippen LogP contribution in [0.5, 0.6) is 0 Å². The van der Waals surface area contributed by atoms with Crippen molar-refractivity contribution in [3.05, 3.63) is 243 Å². The van der Waals surface area contributed by atoms with Crippen molar-refractivity contribution < 1.29 is 0 Å². The van der Waals surface area contributed by atoms with E-state index in [-0.39, 0.29) is 0 Å². The first kappa shape index (κ1) is 38.8. The second kappa shape index (κ2) is 15.6. The van der Waals surface area contributed by atoms with Crippen LogP contribution < -0.4 is 0 Å². The first-order chi connectivity index (χ1) is 34.2. The SMILES string of the molecule is c1ccc(-c2ccc(-c3nc(-c4ccccc4)nc(-n4c5ccccc5c5c(-n6c7ccccc7c7ccccc76)cc6c(c7ccccc7n6-c6cccc(-c7ccccc7)c6)c54)n3)cc2)cc1. The van der Waals surface area contributed by atoms with Crippen molar-refractivity contribution in [3.8, 4) is 62.4 Å². The summed E-state index contributed by atoms with van der Waals surface area (Å²) in [4.78, 5) is 16.2. The van der Waals surface area contributed by atoms with Gasteiger partial charge in [-0.15, -0.1) is 0 Å². The van der Waals surface area contributed by atoms with Gasteiger partial charge in [0.1, 0.15) is 0 Å². The lowest BCUT2D eigenvalue weighted by molar-refractivity contribution is 0.955. The number of rotatable bonds is 7. The van der Waals surface area contributed by atoms with E-state index in [2.05, 4.69) is 232 Å². The minimum atomic E-state index is 0.542. The molecular weight excluding hydrogens is 841 g/mol. The van der Waals surface area contributed by atoms with Crippen molar-refractivity contribution in [2.45, 2.75) is 0 Å². The second-order valence-electron chi connectivity index (χ2n) is 17.6. The largest absolute Gasteiger partial charge is 0.309 e. The summed E-state index contributed by atoms with van der Waals surface area (Å²) in [5.41, 5.74) is 15.0. The maximum absolute atomic E-state index is 5.49. The Labute approximate surface area is 397 Å². The molecule has 0 unspecified atom stereocenters. The lowest BCUT2D eigenvalue weighted by atomic mass is 10.0. The van der Waals surface area contributed by atoms with Gasteiger partial charge in [0, 0.05) is 49.1 Å². The Kier molecular flexibility index (Phi) is 8.79. The predicted molar refractivity (Wildman–Crippen MR) is 285 cm³/mol. The Bertz CT molecular complexity index is 4230. The van der Waals surface area contributed by atoms with E-state index in [0.717, 1.165) is 93.8 Å². The van der Waals surface area contributed by atoms with E-state index in [4.69, 9.17) is 15.0 Å². The van der Waals surface area contributed by atoms with Gasteiger partial charge in [0.05, 0.1) is 38.8 Å². The van der Waals surface area contributed by atoms with Gasteiger partial charge in [-0.1, -0.05) is 200 Å². The molecule has 10 aromatic carbocycles. The van der Waals surface area contributed by atoms with Crippen LogP contribution in [0.15, 0.2) is 243 Å². The Hall–Kier alpha value is -9.39. The monoisotopic (exact) mass is 880 g/mol. The van der Waals surface area contributed by atoms with Crippen LogP contribution in [-0.2, 0) is 0 Å². The Morgan fingerprint density at radius 3 is 1.28 bits per heavy atom. The van der Waals surface area contributed by atoms with Gasteiger partial charge < -0.3 is 9.13 Å². The number of para-hydroxylation sites is 4. The molecule has 0 aliphatic heterocycles. The van der Waals surface area contributed by atoms with E-state index in [1.165, 1.54) is 16.3 Å². The average molecular weight is 881 g/mol. The molecule has 6 heteroatoms. The quantitative estimate of drug-likeness (QED) is 0.160. The van der Waals surface area contributed by atoms with E-state index < -0.39 is 0 Å². The smallest absolute Gasteiger partial charge is 0.238 e. The minimum Gasteiger partial charge on any atom is -0.309 e. The Morgan fingerprint density at radius 2 is 0.681 bits per heavy atom. The van der Waals surface area contributed by atoms with Crippen LogP contribution >= 0.6 is 0 Å². The molecule has 69 heavy (non-hydrogen) atoms. The van der Waals surface area contributed by atoms with Crippen molar-refractivity contribution in [1.29, 1.82) is 0 Å². The normalized spacial score (nSPS) is 11.8. The van der Waals surface area contributed by atoms with Crippen molar-refractivity contribution in [1.82, 2.24) is 28.7 Å². The highest BCUT2D eigenvalue weighted by Gasteiger charge is 2.27. The van der Waals surface area contributed by atoms with Crippen LogP contribution in [-0.4, -0.2) is 28.7 Å². The first-order valence-electron chi connectivity index (χ1n) is 23.4. The summed E-state index contributed by atoms with van der Waals surface area (Å²) in [7, 11) is 0. The summed E-state index contributed by atoms with van der Waals surface area (Å²) < 4.78 is 7.21. The summed E-state index contributed by atoms with van der Waals surface area (Å²) in [6, 6.07) is 86.3. The van der Waals surface area contributed by atoms with Crippen LogP contribution in [0.25, 0.3) is 128 Å². The number of aromatic nitrogens is 6. The molecule has 0 N–H and O–H groups in total. The van der Waals surface area contributed by atoms with Gasteiger partial charge in [-0.3, -0.25) is 4.57 Å². The van der Waals surface area contributed by atoms with Crippen molar-refractivity contribution in [2.75, 3.05) is 0 Å². The number of nitrogens with zero attached hydrogens (tertiary/aromatic N) is 6. The third kappa shape index (κ3) is 6.16. The highest BCUT2D eigenvalue weighted by atomic mass is 15.2. The maximum Gasteiger partial charge on any atom is 0.238 e. The third-order valence-corrected chi connectivity index (χ3v) is 13.7. The van der Waals surface area contributed by atoms with Crippen molar-refractivity contribution >= 4 is 65.4 Å². The molecular formula is C63H40N6. The van der Waals surface area contributed by atoms with Crippen LogP contribution in [0.2, 0.25) is 0 Å². The van der Waals surface area contributed by atoms with Gasteiger partial charge in [0.2, 0.25) is 5.95 Å². The van der Waals surface area contributed by atoms with Crippen molar-refractivity contribution in [2.24, 2.45) is 0 Å². The highest BCUT2D eigenvalue weighted by Crippen LogP contribution is 2.47. The number of fused-ring (bicyclic) bond motifs is 10. The molecule has 0 spiro atoms. The third-order valence-electron chi connectivity index (χ3n) is 13.7. The van der Waals surface area contributed by atoms with E-state index in [0.29, 0.717) is 17.6 Å². The zero-order valence-electron chi connectivity index (χ0n) is 37.3.